The van der Waals surface area contributed by atoms with Crippen molar-refractivity contribution in [2.45, 2.75) is 18.5 Å². The van der Waals surface area contributed by atoms with Crippen LogP contribution < -0.4 is 0 Å². The van der Waals surface area contributed by atoms with E-state index in [-0.39, 0.29) is 38.3 Å². The third-order valence-electron chi connectivity index (χ3n) is 1.66. The van der Waals surface area contributed by atoms with E-state index in [9.17, 15) is 0 Å². The fourth-order valence-corrected chi connectivity index (χ4v) is 0.769. The molecule has 0 radical (unpaired) electrons. The van der Waals surface area contributed by atoms with Crippen LogP contribution in [0.15, 0.2) is 0 Å². The molecular formula is C8H16O6. The van der Waals surface area contributed by atoms with E-state index in [4.69, 9.17) is 29.5 Å². The lowest BCUT2D eigenvalue weighted by molar-refractivity contribution is 0.0405. The summed E-state index contributed by atoms with van der Waals surface area (Å²) in [5, 5.41) is 23.8. The van der Waals surface area contributed by atoms with Crippen LogP contribution in [0.2, 0.25) is 0 Å². The number of hydrogen-bond donors (Lipinski definition) is 3. The van der Waals surface area contributed by atoms with Crippen LogP contribution in [-0.4, -0.2) is 66.9 Å². The van der Waals surface area contributed by atoms with Gasteiger partial charge in [0.2, 0.25) is 0 Å². The predicted molar refractivity (Wildman–Crippen MR) is 45.6 cm³/mol. The molecule has 3 N–H and O–H groups in total. The van der Waals surface area contributed by atoms with Crippen LogP contribution in [0.4, 0.5) is 0 Å². The smallest absolute Gasteiger partial charge is 0.186 e. The SMILES string of the molecule is OCC1OC1OCC1CO1.OCCO. The van der Waals surface area contributed by atoms with Gasteiger partial charge in [-0.15, -0.1) is 0 Å². The molecule has 14 heavy (non-hydrogen) atoms. The highest BCUT2D eigenvalue weighted by atomic mass is 16.8. The minimum Gasteiger partial charge on any atom is -0.394 e. The summed E-state index contributed by atoms with van der Waals surface area (Å²) in [6, 6.07) is 0. The molecule has 2 heterocycles. The number of ether oxygens (including phenoxy) is 3. The van der Waals surface area contributed by atoms with E-state index in [1.54, 1.807) is 0 Å². The molecule has 0 aliphatic carbocycles. The Labute approximate surface area is 82.0 Å². The number of epoxide rings is 2. The Kier molecular flexibility index (Phi) is 5.31. The maximum atomic E-state index is 8.52. The van der Waals surface area contributed by atoms with E-state index < -0.39 is 0 Å². The molecule has 84 valence electrons. The van der Waals surface area contributed by atoms with Crippen molar-refractivity contribution in [1.82, 2.24) is 0 Å². The van der Waals surface area contributed by atoms with Crippen LogP contribution in [0.3, 0.4) is 0 Å². The van der Waals surface area contributed by atoms with Gasteiger partial charge in [-0.1, -0.05) is 0 Å². The van der Waals surface area contributed by atoms with E-state index in [0.717, 1.165) is 6.61 Å². The second-order valence-electron chi connectivity index (χ2n) is 2.96. The molecule has 0 spiro atoms. The summed E-state index contributed by atoms with van der Waals surface area (Å²) in [5.41, 5.74) is 0. The molecule has 2 aliphatic rings. The minimum absolute atomic E-state index is 0.0518. The zero-order valence-electron chi connectivity index (χ0n) is 7.83. The maximum absolute atomic E-state index is 8.52. The Morgan fingerprint density at radius 2 is 1.86 bits per heavy atom. The lowest BCUT2D eigenvalue weighted by atomic mass is 10.5. The van der Waals surface area contributed by atoms with Crippen molar-refractivity contribution in [3.8, 4) is 0 Å². The third kappa shape index (κ3) is 4.85. The molecule has 0 saturated carbocycles. The van der Waals surface area contributed by atoms with Gasteiger partial charge in [-0.05, 0) is 0 Å². The van der Waals surface area contributed by atoms with Crippen molar-refractivity contribution in [2.75, 3.05) is 33.0 Å². The average Bonchev–Trinajstić information content (AvgIpc) is 3.08. The number of hydrogen-bond acceptors (Lipinski definition) is 6. The normalized spacial score (nSPS) is 33.2. The second kappa shape index (κ2) is 6.28. The van der Waals surface area contributed by atoms with Crippen LogP contribution >= 0.6 is 0 Å². The molecule has 6 heteroatoms. The summed E-state index contributed by atoms with van der Waals surface area (Å²) in [4.78, 5) is 0. The first kappa shape index (κ1) is 11.8. The number of aliphatic hydroxyl groups is 3. The average molecular weight is 208 g/mol. The molecule has 0 bridgehead atoms. The molecule has 0 aromatic carbocycles. The molecule has 3 unspecified atom stereocenters. The first-order valence-electron chi connectivity index (χ1n) is 4.53. The molecule has 2 aliphatic heterocycles. The van der Waals surface area contributed by atoms with Crippen LogP contribution in [0.25, 0.3) is 0 Å². The molecule has 0 amide bonds. The number of aliphatic hydroxyl groups excluding tert-OH is 3. The van der Waals surface area contributed by atoms with E-state index in [1.165, 1.54) is 0 Å². The van der Waals surface area contributed by atoms with Crippen LogP contribution in [-0.2, 0) is 14.2 Å². The van der Waals surface area contributed by atoms with Crippen molar-refractivity contribution >= 4 is 0 Å². The Balaban J connectivity index is 0.000000213. The summed E-state index contributed by atoms with van der Waals surface area (Å²) in [5.74, 6) is 0. The fourth-order valence-electron chi connectivity index (χ4n) is 0.769. The lowest BCUT2D eigenvalue weighted by Gasteiger charge is -1.93. The monoisotopic (exact) mass is 208 g/mol. The second-order valence-corrected chi connectivity index (χ2v) is 2.96. The van der Waals surface area contributed by atoms with Gasteiger partial charge in [0.15, 0.2) is 6.29 Å². The van der Waals surface area contributed by atoms with Crippen molar-refractivity contribution in [1.29, 1.82) is 0 Å². The predicted octanol–water partition coefficient (Wildman–Crippen LogP) is -1.91. The summed E-state index contributed by atoms with van der Waals surface area (Å²) in [7, 11) is 0. The minimum atomic E-state index is -0.172. The van der Waals surface area contributed by atoms with Gasteiger partial charge < -0.3 is 29.5 Å². The zero-order chi connectivity index (χ0) is 10.4. The zero-order valence-corrected chi connectivity index (χ0v) is 7.83. The van der Waals surface area contributed by atoms with E-state index >= 15 is 0 Å². The van der Waals surface area contributed by atoms with Gasteiger partial charge in [-0.2, -0.15) is 0 Å². The van der Waals surface area contributed by atoms with Gasteiger partial charge in [0.05, 0.1) is 33.0 Å². The summed E-state index contributed by atoms with van der Waals surface area (Å²) < 4.78 is 15.0. The highest BCUT2D eigenvalue weighted by molar-refractivity contribution is 4.77. The molecule has 2 rings (SSSR count). The Morgan fingerprint density at radius 3 is 2.21 bits per heavy atom. The quantitative estimate of drug-likeness (QED) is 0.456. The lowest BCUT2D eigenvalue weighted by Crippen LogP contribution is -2.08. The third-order valence-corrected chi connectivity index (χ3v) is 1.66. The highest BCUT2D eigenvalue weighted by Crippen LogP contribution is 2.23. The Morgan fingerprint density at radius 1 is 1.21 bits per heavy atom. The van der Waals surface area contributed by atoms with Gasteiger partial charge >= 0.3 is 0 Å². The van der Waals surface area contributed by atoms with E-state index in [0.29, 0.717) is 6.61 Å². The Hall–Kier alpha value is -0.240. The number of rotatable bonds is 5. The summed E-state index contributed by atoms with van der Waals surface area (Å²) in [6.07, 6.45) is 0.0245. The Bertz CT molecular complexity index is 147. The standard InChI is InChI=1S/C6H10O4.C2H6O2/c7-1-5-6(10-5)9-3-4-2-8-4;3-1-2-4/h4-7H,1-3H2;3-4H,1-2H2. The van der Waals surface area contributed by atoms with Gasteiger partial charge in [0.25, 0.3) is 0 Å². The topological polar surface area (TPSA) is 95.0 Å². The van der Waals surface area contributed by atoms with Crippen LogP contribution in [0.1, 0.15) is 0 Å². The summed E-state index contributed by atoms with van der Waals surface area (Å²) in [6.45, 7) is 1.20. The van der Waals surface area contributed by atoms with E-state index in [1.807, 2.05) is 0 Å². The summed E-state index contributed by atoms with van der Waals surface area (Å²) >= 11 is 0. The van der Waals surface area contributed by atoms with Crippen molar-refractivity contribution in [3.05, 3.63) is 0 Å². The molecular weight excluding hydrogens is 192 g/mol. The molecule has 3 atom stereocenters. The first-order chi connectivity index (χ1) is 6.81. The molecule has 6 nitrogen and oxygen atoms in total. The molecule has 2 fully saturated rings. The molecule has 2 saturated heterocycles. The highest BCUT2D eigenvalue weighted by Gasteiger charge is 2.40. The molecule has 0 aromatic rings. The van der Waals surface area contributed by atoms with E-state index in [2.05, 4.69) is 0 Å². The van der Waals surface area contributed by atoms with Crippen LogP contribution in [0.5, 0.6) is 0 Å². The van der Waals surface area contributed by atoms with Crippen molar-refractivity contribution in [2.24, 2.45) is 0 Å². The largest absolute Gasteiger partial charge is 0.394 e. The van der Waals surface area contributed by atoms with Gasteiger partial charge in [-0.3, -0.25) is 0 Å². The fraction of sp³-hybridized carbons (Fsp3) is 1.00. The van der Waals surface area contributed by atoms with Gasteiger partial charge in [-0.25, -0.2) is 0 Å². The van der Waals surface area contributed by atoms with Gasteiger partial charge in [0.1, 0.15) is 12.2 Å². The molecule has 0 aromatic heterocycles. The first-order valence-corrected chi connectivity index (χ1v) is 4.53. The maximum Gasteiger partial charge on any atom is 0.186 e. The van der Waals surface area contributed by atoms with Crippen molar-refractivity contribution in [3.63, 3.8) is 0 Å². The van der Waals surface area contributed by atoms with Crippen LogP contribution in [0, 0.1) is 0 Å². The van der Waals surface area contributed by atoms with Gasteiger partial charge in [0, 0.05) is 0 Å². The van der Waals surface area contributed by atoms with Crippen molar-refractivity contribution < 1.29 is 29.5 Å².